The normalized spacial score (nSPS) is 11.3. The Hall–Kier alpha value is -2.22. The average Bonchev–Trinajstić information content (AvgIpc) is 2.32. The Morgan fingerprint density at radius 3 is 2.25 bits per heavy atom. The van der Waals surface area contributed by atoms with Crippen LogP contribution in [0.4, 0.5) is 24.5 Å². The number of sulfonamides is 1. The smallest absolute Gasteiger partial charge is 0.264 e. The molecule has 0 bridgehead atoms. The Kier molecular flexibility index (Phi) is 3.58. The first-order valence-corrected chi connectivity index (χ1v) is 6.81. The highest BCUT2D eigenvalue weighted by Gasteiger charge is 2.20. The van der Waals surface area contributed by atoms with Crippen LogP contribution in [0.1, 0.15) is 0 Å². The highest BCUT2D eigenvalue weighted by atomic mass is 32.2. The van der Waals surface area contributed by atoms with Crippen molar-refractivity contribution in [2.24, 2.45) is 0 Å². The molecule has 0 radical (unpaired) electrons. The van der Waals surface area contributed by atoms with Gasteiger partial charge in [-0.2, -0.15) is 0 Å². The number of halogens is 3. The van der Waals surface area contributed by atoms with Gasteiger partial charge in [-0.25, -0.2) is 21.6 Å². The second-order valence-corrected chi connectivity index (χ2v) is 5.57. The van der Waals surface area contributed by atoms with Gasteiger partial charge < -0.3 is 5.73 Å². The van der Waals surface area contributed by atoms with E-state index in [4.69, 9.17) is 5.73 Å². The van der Waals surface area contributed by atoms with Crippen molar-refractivity contribution in [3.63, 3.8) is 0 Å². The van der Waals surface area contributed by atoms with E-state index in [1.54, 1.807) is 0 Å². The molecule has 2 rings (SSSR count). The molecule has 0 amide bonds. The molecule has 0 atom stereocenters. The summed E-state index contributed by atoms with van der Waals surface area (Å²) in [6.45, 7) is 0. The largest absolute Gasteiger partial charge is 0.399 e. The Balaban J connectivity index is 2.41. The maximum Gasteiger partial charge on any atom is 0.264 e. The van der Waals surface area contributed by atoms with Gasteiger partial charge in [0.15, 0.2) is 0 Å². The third kappa shape index (κ3) is 2.85. The van der Waals surface area contributed by atoms with Crippen LogP contribution in [0.15, 0.2) is 41.3 Å². The summed E-state index contributed by atoms with van der Waals surface area (Å²) in [7, 11) is -4.34. The van der Waals surface area contributed by atoms with Crippen molar-refractivity contribution < 1.29 is 21.6 Å². The van der Waals surface area contributed by atoms with E-state index in [0.29, 0.717) is 6.07 Å². The van der Waals surface area contributed by atoms with Gasteiger partial charge in [-0.05, 0) is 30.3 Å². The molecule has 0 unspecified atom stereocenters. The summed E-state index contributed by atoms with van der Waals surface area (Å²) in [4.78, 5) is -0.685. The number of hydrogen-bond acceptors (Lipinski definition) is 3. The molecule has 2 aromatic rings. The standard InChI is InChI=1S/C12H9F3N2O2S/c13-7-1-3-11(9(14)5-7)17-20(18,19)12-4-2-8(16)6-10(12)15/h1-6,17H,16H2. The lowest BCUT2D eigenvalue weighted by molar-refractivity contribution is 0.568. The van der Waals surface area contributed by atoms with E-state index in [-0.39, 0.29) is 5.69 Å². The van der Waals surface area contributed by atoms with Gasteiger partial charge in [0.1, 0.15) is 22.3 Å². The predicted octanol–water partition coefficient (Wildman–Crippen LogP) is 2.49. The summed E-state index contributed by atoms with van der Waals surface area (Å²) in [6.07, 6.45) is 0. The molecule has 0 heterocycles. The van der Waals surface area contributed by atoms with E-state index in [0.717, 1.165) is 24.3 Å². The Labute approximate surface area is 113 Å². The summed E-state index contributed by atoms with van der Waals surface area (Å²) in [5, 5.41) is 0. The third-order valence-corrected chi connectivity index (χ3v) is 3.82. The number of nitrogens with one attached hydrogen (secondary N) is 1. The first kappa shape index (κ1) is 14.2. The van der Waals surface area contributed by atoms with E-state index in [9.17, 15) is 21.6 Å². The second-order valence-electron chi connectivity index (χ2n) is 3.92. The van der Waals surface area contributed by atoms with Gasteiger partial charge >= 0.3 is 0 Å². The van der Waals surface area contributed by atoms with Crippen LogP contribution in [0.5, 0.6) is 0 Å². The van der Waals surface area contributed by atoms with Crippen LogP contribution in [0.25, 0.3) is 0 Å². The lowest BCUT2D eigenvalue weighted by Crippen LogP contribution is -2.15. The molecule has 0 aliphatic rings. The number of nitrogen functional groups attached to an aromatic ring is 1. The topological polar surface area (TPSA) is 72.2 Å². The lowest BCUT2D eigenvalue weighted by atomic mass is 10.3. The van der Waals surface area contributed by atoms with Crippen molar-refractivity contribution in [1.29, 1.82) is 0 Å². The maximum atomic E-state index is 13.6. The van der Waals surface area contributed by atoms with Gasteiger partial charge in [0.2, 0.25) is 0 Å². The van der Waals surface area contributed by atoms with Gasteiger partial charge in [-0.1, -0.05) is 0 Å². The molecule has 0 saturated heterocycles. The van der Waals surface area contributed by atoms with Crippen LogP contribution in [-0.2, 0) is 10.0 Å². The molecule has 0 aromatic heterocycles. The first-order valence-electron chi connectivity index (χ1n) is 5.32. The Morgan fingerprint density at radius 1 is 0.950 bits per heavy atom. The minimum absolute atomic E-state index is 0.0504. The van der Waals surface area contributed by atoms with Crippen molar-refractivity contribution in [3.8, 4) is 0 Å². The van der Waals surface area contributed by atoms with Gasteiger partial charge in [-0.3, -0.25) is 4.72 Å². The van der Waals surface area contributed by atoms with E-state index in [2.05, 4.69) is 0 Å². The number of rotatable bonds is 3. The van der Waals surface area contributed by atoms with Crippen molar-refractivity contribution in [2.45, 2.75) is 4.90 Å². The molecule has 0 aliphatic carbocycles. The molecule has 0 saturated carbocycles. The zero-order valence-electron chi connectivity index (χ0n) is 9.90. The molecular weight excluding hydrogens is 293 g/mol. The summed E-state index contributed by atoms with van der Waals surface area (Å²) in [5.41, 5.74) is 4.87. The molecule has 3 N–H and O–H groups in total. The molecule has 0 aliphatic heterocycles. The monoisotopic (exact) mass is 302 g/mol. The third-order valence-electron chi connectivity index (χ3n) is 2.42. The zero-order chi connectivity index (χ0) is 14.9. The van der Waals surface area contributed by atoms with Crippen LogP contribution < -0.4 is 10.5 Å². The number of nitrogens with two attached hydrogens (primary N) is 1. The number of benzene rings is 2. The van der Waals surface area contributed by atoms with E-state index < -0.39 is 38.1 Å². The molecule has 8 heteroatoms. The minimum atomic E-state index is -4.34. The van der Waals surface area contributed by atoms with E-state index in [1.807, 2.05) is 4.72 Å². The molecule has 0 fully saturated rings. The van der Waals surface area contributed by atoms with Gasteiger partial charge in [0.05, 0.1) is 5.69 Å². The molecule has 20 heavy (non-hydrogen) atoms. The zero-order valence-corrected chi connectivity index (χ0v) is 10.7. The van der Waals surface area contributed by atoms with Gasteiger partial charge in [0, 0.05) is 11.8 Å². The van der Waals surface area contributed by atoms with Crippen molar-refractivity contribution >= 4 is 21.4 Å². The van der Waals surface area contributed by atoms with Crippen molar-refractivity contribution in [1.82, 2.24) is 0 Å². The maximum absolute atomic E-state index is 13.6. The highest BCUT2D eigenvalue weighted by Crippen LogP contribution is 2.22. The van der Waals surface area contributed by atoms with Crippen LogP contribution in [0.2, 0.25) is 0 Å². The Morgan fingerprint density at radius 2 is 1.65 bits per heavy atom. The molecule has 4 nitrogen and oxygen atoms in total. The fraction of sp³-hybridized carbons (Fsp3) is 0. The SMILES string of the molecule is Nc1ccc(S(=O)(=O)Nc2ccc(F)cc2F)c(F)c1. The minimum Gasteiger partial charge on any atom is -0.399 e. The molecule has 106 valence electrons. The van der Waals surface area contributed by atoms with Crippen LogP contribution in [-0.4, -0.2) is 8.42 Å². The predicted molar refractivity (Wildman–Crippen MR) is 68.0 cm³/mol. The summed E-state index contributed by atoms with van der Waals surface area (Å²) >= 11 is 0. The molecular formula is C12H9F3N2O2S. The molecule has 0 spiro atoms. The fourth-order valence-electron chi connectivity index (χ4n) is 1.51. The summed E-state index contributed by atoms with van der Waals surface area (Å²) < 4.78 is 65.3. The summed E-state index contributed by atoms with van der Waals surface area (Å²) in [6, 6.07) is 5.26. The van der Waals surface area contributed by atoms with Crippen LogP contribution in [0.3, 0.4) is 0 Å². The lowest BCUT2D eigenvalue weighted by Gasteiger charge is -2.10. The first-order chi connectivity index (χ1) is 9.29. The molecule has 2 aromatic carbocycles. The summed E-state index contributed by atoms with van der Waals surface area (Å²) in [5.74, 6) is -3.03. The highest BCUT2D eigenvalue weighted by molar-refractivity contribution is 7.92. The van der Waals surface area contributed by atoms with Gasteiger partial charge in [0.25, 0.3) is 10.0 Å². The van der Waals surface area contributed by atoms with Crippen LogP contribution >= 0.6 is 0 Å². The van der Waals surface area contributed by atoms with E-state index >= 15 is 0 Å². The second kappa shape index (κ2) is 5.04. The van der Waals surface area contributed by atoms with E-state index in [1.165, 1.54) is 6.07 Å². The van der Waals surface area contributed by atoms with Crippen molar-refractivity contribution in [3.05, 3.63) is 53.8 Å². The van der Waals surface area contributed by atoms with Gasteiger partial charge in [-0.15, -0.1) is 0 Å². The Bertz CT molecular complexity index is 763. The fourth-order valence-corrected chi connectivity index (χ4v) is 2.63. The number of anilines is 2. The quantitative estimate of drug-likeness (QED) is 0.856. The average molecular weight is 302 g/mol. The van der Waals surface area contributed by atoms with Crippen molar-refractivity contribution in [2.75, 3.05) is 10.5 Å². The number of hydrogen-bond donors (Lipinski definition) is 2. The van der Waals surface area contributed by atoms with Crippen LogP contribution in [0, 0.1) is 17.5 Å².